The highest BCUT2D eigenvalue weighted by Gasteiger charge is 2.36. The van der Waals surface area contributed by atoms with Crippen molar-refractivity contribution in [2.45, 2.75) is 24.9 Å². The van der Waals surface area contributed by atoms with Crippen molar-refractivity contribution < 1.29 is 24.5 Å². The molecule has 1 fully saturated rings. The molecule has 0 amide bonds. The highest BCUT2D eigenvalue weighted by Crippen LogP contribution is 2.31. The Morgan fingerprint density at radius 2 is 2.32 bits per heavy atom. The predicted octanol–water partition coefficient (Wildman–Crippen LogP) is -1.41. The molecule has 0 saturated carbocycles. The molecule has 0 bridgehead atoms. The molecule has 3 rings (SSSR count). The molecular formula is C12H15N5O5. The number of nitrogens with two attached hydrogens (primary N) is 1. The van der Waals surface area contributed by atoms with Gasteiger partial charge in [-0.3, -0.25) is 4.57 Å². The van der Waals surface area contributed by atoms with E-state index in [4.69, 9.17) is 20.3 Å². The highest BCUT2D eigenvalue weighted by molar-refractivity contribution is 5.81. The van der Waals surface area contributed by atoms with Crippen molar-refractivity contribution in [1.82, 2.24) is 19.5 Å². The smallest absolute Gasteiger partial charge is 0.331 e. The summed E-state index contributed by atoms with van der Waals surface area (Å²) in [5, 5.41) is 18.6. The molecule has 2 aromatic heterocycles. The molecular weight excluding hydrogens is 294 g/mol. The summed E-state index contributed by atoms with van der Waals surface area (Å²) in [7, 11) is 0. The highest BCUT2D eigenvalue weighted by atomic mass is 16.6. The van der Waals surface area contributed by atoms with E-state index in [0.717, 1.165) is 0 Å². The number of hydrogen-bond acceptors (Lipinski definition) is 9. The first kappa shape index (κ1) is 14.6. The molecule has 4 N–H and O–H groups in total. The zero-order valence-corrected chi connectivity index (χ0v) is 11.5. The van der Waals surface area contributed by atoms with Gasteiger partial charge in [-0.25, -0.2) is 19.7 Å². The zero-order valence-electron chi connectivity index (χ0n) is 11.5. The number of ether oxygens (including phenoxy) is 2. The van der Waals surface area contributed by atoms with E-state index < -0.39 is 31.0 Å². The molecule has 0 aliphatic carbocycles. The number of aliphatic hydroxyl groups is 2. The van der Waals surface area contributed by atoms with E-state index >= 15 is 0 Å². The number of carbonyl (C=O) groups is 1. The minimum Gasteiger partial charge on any atom is -0.461 e. The molecule has 0 aromatic carbocycles. The van der Waals surface area contributed by atoms with Gasteiger partial charge in [0.05, 0.1) is 12.4 Å². The Morgan fingerprint density at radius 3 is 3.09 bits per heavy atom. The summed E-state index contributed by atoms with van der Waals surface area (Å²) < 4.78 is 12.1. The number of imidazole rings is 1. The van der Waals surface area contributed by atoms with Crippen LogP contribution in [0.25, 0.3) is 11.2 Å². The van der Waals surface area contributed by atoms with E-state index in [1.807, 2.05) is 0 Å². The second-order valence-electron chi connectivity index (χ2n) is 4.86. The summed E-state index contributed by atoms with van der Waals surface area (Å²) in [4.78, 5) is 23.0. The van der Waals surface area contributed by atoms with Crippen LogP contribution in [0.1, 0.15) is 12.6 Å². The van der Waals surface area contributed by atoms with E-state index in [1.165, 1.54) is 12.7 Å². The fourth-order valence-corrected chi connectivity index (χ4v) is 2.34. The van der Waals surface area contributed by atoms with Crippen LogP contribution in [0.4, 0.5) is 5.82 Å². The molecule has 0 spiro atoms. The summed E-state index contributed by atoms with van der Waals surface area (Å²) >= 11 is 0. The number of hydrogen-bond donors (Lipinski definition) is 3. The van der Waals surface area contributed by atoms with E-state index in [2.05, 4.69) is 15.0 Å². The second kappa shape index (κ2) is 5.83. The molecule has 1 aliphatic rings. The molecule has 2 aromatic rings. The van der Waals surface area contributed by atoms with Crippen LogP contribution < -0.4 is 5.73 Å². The lowest BCUT2D eigenvalue weighted by atomic mass is 10.2. The van der Waals surface area contributed by atoms with E-state index in [-0.39, 0.29) is 18.8 Å². The molecule has 0 radical (unpaired) electrons. The van der Waals surface area contributed by atoms with Crippen LogP contribution in [-0.2, 0) is 14.3 Å². The molecule has 1 aliphatic heterocycles. The van der Waals surface area contributed by atoms with E-state index in [1.54, 1.807) is 4.57 Å². The van der Waals surface area contributed by atoms with Gasteiger partial charge in [-0.15, -0.1) is 0 Å². The maximum atomic E-state index is 10.9. The average Bonchev–Trinajstić information content (AvgIpc) is 3.09. The van der Waals surface area contributed by atoms with Gasteiger partial charge in [0.15, 0.2) is 11.5 Å². The molecule has 3 heterocycles. The Hall–Kier alpha value is -2.30. The second-order valence-corrected chi connectivity index (χ2v) is 4.86. The standard InChI is InChI=1S/C12H15N5O5/c13-11-10-12(15-4-14-11)17(5-16-10)8-1-6(19)7(22-8)3-21-9(20)2-18/h4-8,18-19H,1-3H2,(H2,13,14,15)/t6-,7+,8+/m0/s1. The van der Waals surface area contributed by atoms with Crippen molar-refractivity contribution in [3.05, 3.63) is 12.7 Å². The quantitative estimate of drug-likeness (QED) is 0.580. The van der Waals surface area contributed by atoms with Crippen molar-refractivity contribution >= 4 is 23.0 Å². The Balaban J connectivity index is 1.76. The lowest BCUT2D eigenvalue weighted by Gasteiger charge is -2.15. The van der Waals surface area contributed by atoms with Gasteiger partial charge in [-0.2, -0.15) is 0 Å². The Morgan fingerprint density at radius 1 is 1.50 bits per heavy atom. The lowest BCUT2D eigenvalue weighted by molar-refractivity contribution is -0.153. The van der Waals surface area contributed by atoms with E-state index in [0.29, 0.717) is 11.2 Å². The maximum absolute atomic E-state index is 10.9. The van der Waals surface area contributed by atoms with Crippen LogP contribution in [0, 0.1) is 0 Å². The van der Waals surface area contributed by atoms with Crippen molar-refractivity contribution in [2.75, 3.05) is 18.9 Å². The lowest BCUT2D eigenvalue weighted by Crippen LogP contribution is -2.28. The van der Waals surface area contributed by atoms with Gasteiger partial charge in [0.1, 0.15) is 37.4 Å². The molecule has 118 valence electrons. The first-order valence-electron chi connectivity index (χ1n) is 6.63. The number of nitrogen functional groups attached to an aromatic ring is 1. The third-order valence-corrected chi connectivity index (χ3v) is 3.44. The topological polar surface area (TPSA) is 146 Å². The number of nitrogens with zero attached hydrogens (tertiary/aromatic N) is 4. The Kier molecular flexibility index (Phi) is 3.88. The number of fused-ring (bicyclic) bond motifs is 1. The van der Waals surface area contributed by atoms with Crippen LogP contribution >= 0.6 is 0 Å². The van der Waals surface area contributed by atoms with Crippen LogP contribution in [0.3, 0.4) is 0 Å². The van der Waals surface area contributed by atoms with Gasteiger partial charge >= 0.3 is 5.97 Å². The number of esters is 1. The summed E-state index contributed by atoms with van der Waals surface area (Å²) in [5.41, 5.74) is 6.67. The number of carbonyl (C=O) groups excluding carboxylic acids is 1. The van der Waals surface area contributed by atoms with Gasteiger partial charge in [-0.1, -0.05) is 0 Å². The third-order valence-electron chi connectivity index (χ3n) is 3.44. The first-order valence-corrected chi connectivity index (χ1v) is 6.63. The fourth-order valence-electron chi connectivity index (χ4n) is 2.34. The maximum Gasteiger partial charge on any atom is 0.331 e. The molecule has 0 unspecified atom stereocenters. The SMILES string of the molecule is Nc1ncnc2c1ncn2[C@H]1C[C@H](O)[C@@H](COC(=O)CO)O1. The van der Waals surface area contributed by atoms with E-state index in [9.17, 15) is 9.90 Å². The molecule has 3 atom stereocenters. The third kappa shape index (κ3) is 2.58. The minimum absolute atomic E-state index is 0.138. The Labute approximate surface area is 124 Å². The van der Waals surface area contributed by atoms with Crippen LogP contribution in [0.5, 0.6) is 0 Å². The van der Waals surface area contributed by atoms with Gasteiger partial charge in [0.25, 0.3) is 0 Å². The predicted molar refractivity (Wildman–Crippen MR) is 72.3 cm³/mol. The Bertz CT molecular complexity index is 690. The van der Waals surface area contributed by atoms with Crippen LogP contribution in [0.15, 0.2) is 12.7 Å². The summed E-state index contributed by atoms with van der Waals surface area (Å²) in [6.45, 7) is -0.852. The number of anilines is 1. The van der Waals surface area contributed by atoms with Crippen molar-refractivity contribution in [2.24, 2.45) is 0 Å². The summed E-state index contributed by atoms with van der Waals surface area (Å²) in [6, 6.07) is 0. The molecule has 22 heavy (non-hydrogen) atoms. The van der Waals surface area contributed by atoms with Gasteiger partial charge in [0.2, 0.25) is 0 Å². The number of rotatable bonds is 4. The number of aromatic nitrogens is 4. The molecule has 10 nitrogen and oxygen atoms in total. The average molecular weight is 309 g/mol. The monoisotopic (exact) mass is 309 g/mol. The van der Waals surface area contributed by atoms with Gasteiger partial charge in [0, 0.05) is 6.42 Å². The largest absolute Gasteiger partial charge is 0.461 e. The first-order chi connectivity index (χ1) is 10.6. The van der Waals surface area contributed by atoms with Crippen LogP contribution in [-0.4, -0.2) is 61.1 Å². The zero-order chi connectivity index (χ0) is 15.7. The van der Waals surface area contributed by atoms with Crippen molar-refractivity contribution in [1.29, 1.82) is 0 Å². The summed E-state index contributed by atoms with van der Waals surface area (Å²) in [5.74, 6) is -0.511. The summed E-state index contributed by atoms with van der Waals surface area (Å²) in [6.07, 6.45) is 1.12. The molecule has 10 heteroatoms. The normalized spacial score (nSPS) is 24.7. The number of aliphatic hydroxyl groups excluding tert-OH is 2. The van der Waals surface area contributed by atoms with Crippen molar-refractivity contribution in [3.8, 4) is 0 Å². The van der Waals surface area contributed by atoms with Crippen molar-refractivity contribution in [3.63, 3.8) is 0 Å². The van der Waals surface area contributed by atoms with Crippen LogP contribution in [0.2, 0.25) is 0 Å². The fraction of sp³-hybridized carbons (Fsp3) is 0.500. The minimum atomic E-state index is -0.812. The molecule has 1 saturated heterocycles. The van der Waals surface area contributed by atoms with Gasteiger partial charge in [-0.05, 0) is 0 Å². The van der Waals surface area contributed by atoms with Gasteiger partial charge < -0.3 is 25.4 Å².